The monoisotopic (exact) mass is 391 g/mol. The lowest BCUT2D eigenvalue weighted by molar-refractivity contribution is 0.0945. The number of aliphatic hydroxyl groups is 2. The van der Waals surface area contributed by atoms with Crippen molar-refractivity contribution in [3.8, 4) is 0 Å². The van der Waals surface area contributed by atoms with Crippen molar-refractivity contribution in [2.75, 3.05) is 83.4 Å². The van der Waals surface area contributed by atoms with Crippen molar-refractivity contribution in [3.63, 3.8) is 0 Å². The number of β-amino-alcohol motifs (C(OH)–C–C–N with tert-alkyl or cyclic N) is 2. The Hall–Kier alpha value is -1.22. The van der Waals surface area contributed by atoms with Gasteiger partial charge in [0.2, 0.25) is 0 Å². The van der Waals surface area contributed by atoms with E-state index in [4.69, 9.17) is 0 Å². The van der Waals surface area contributed by atoms with Crippen LogP contribution in [0.4, 0.5) is 5.69 Å². The smallest absolute Gasteiger partial charge is 0.0841 e. The first-order valence-electron chi connectivity index (χ1n) is 10.6. The Labute approximate surface area is 169 Å². The fourth-order valence-corrected chi connectivity index (χ4v) is 4.05. The van der Waals surface area contributed by atoms with Crippen molar-refractivity contribution < 1.29 is 10.2 Å². The molecular weight excluding hydrogens is 354 g/mol. The number of benzene rings is 1. The second-order valence-corrected chi connectivity index (χ2v) is 8.15. The Morgan fingerprint density at radius 1 is 0.821 bits per heavy atom. The number of nitrogens with one attached hydrogen (secondary N) is 2. The number of aryl methyl sites for hydroxylation is 1. The SMILES string of the molecule is Cc1ccc(N(CC(O)CN2CCNCC2)CC(O)CN2CCNCC2)cc1. The summed E-state index contributed by atoms with van der Waals surface area (Å²) in [5, 5.41) is 28.1. The maximum atomic E-state index is 10.7. The van der Waals surface area contributed by atoms with Crippen molar-refractivity contribution in [1.82, 2.24) is 20.4 Å². The average Bonchev–Trinajstić information content (AvgIpc) is 2.69. The molecule has 1 aromatic carbocycles. The summed E-state index contributed by atoms with van der Waals surface area (Å²) in [7, 11) is 0. The van der Waals surface area contributed by atoms with Crippen LogP contribution in [0.25, 0.3) is 0 Å². The van der Waals surface area contributed by atoms with E-state index in [1.807, 2.05) is 0 Å². The average molecular weight is 392 g/mol. The minimum absolute atomic E-state index is 0.439. The summed E-state index contributed by atoms with van der Waals surface area (Å²) in [4.78, 5) is 6.76. The molecular formula is C21H37N5O2. The van der Waals surface area contributed by atoms with Crippen LogP contribution in [-0.4, -0.2) is 111 Å². The van der Waals surface area contributed by atoms with Crippen molar-refractivity contribution >= 4 is 5.69 Å². The molecule has 0 aromatic heterocycles. The molecule has 3 rings (SSSR count). The summed E-state index contributed by atoms with van der Waals surface area (Å²) in [6, 6.07) is 8.36. The number of aliphatic hydroxyl groups excluding tert-OH is 2. The van der Waals surface area contributed by atoms with Gasteiger partial charge in [0.25, 0.3) is 0 Å². The number of rotatable bonds is 9. The number of hydrogen-bond acceptors (Lipinski definition) is 7. The van der Waals surface area contributed by atoms with Gasteiger partial charge in [-0.15, -0.1) is 0 Å². The Morgan fingerprint density at radius 3 is 1.68 bits per heavy atom. The molecule has 0 aliphatic carbocycles. The Bertz CT molecular complexity index is 530. The molecule has 158 valence electrons. The predicted octanol–water partition coefficient (Wildman–Crippen LogP) is -0.666. The van der Waals surface area contributed by atoms with E-state index in [9.17, 15) is 10.2 Å². The Balaban J connectivity index is 1.58. The Kier molecular flexibility index (Phi) is 8.51. The zero-order chi connectivity index (χ0) is 19.8. The lowest BCUT2D eigenvalue weighted by Gasteiger charge is -2.35. The van der Waals surface area contributed by atoms with Gasteiger partial charge in [0, 0.05) is 84.2 Å². The second-order valence-electron chi connectivity index (χ2n) is 8.15. The third-order valence-corrected chi connectivity index (χ3v) is 5.62. The highest BCUT2D eigenvalue weighted by molar-refractivity contribution is 5.47. The molecule has 2 unspecified atom stereocenters. The lowest BCUT2D eigenvalue weighted by atomic mass is 10.1. The summed E-state index contributed by atoms with van der Waals surface area (Å²) < 4.78 is 0. The zero-order valence-electron chi connectivity index (χ0n) is 17.2. The van der Waals surface area contributed by atoms with E-state index in [0.29, 0.717) is 26.2 Å². The molecule has 2 fully saturated rings. The van der Waals surface area contributed by atoms with Gasteiger partial charge in [-0.3, -0.25) is 9.80 Å². The maximum absolute atomic E-state index is 10.7. The summed E-state index contributed by atoms with van der Waals surface area (Å²) in [6.07, 6.45) is -0.878. The molecule has 0 saturated carbocycles. The molecule has 7 heteroatoms. The first-order chi connectivity index (χ1) is 13.6. The fraction of sp³-hybridized carbons (Fsp3) is 0.714. The third-order valence-electron chi connectivity index (χ3n) is 5.62. The van der Waals surface area contributed by atoms with Crippen LogP contribution in [0.15, 0.2) is 24.3 Å². The molecule has 0 spiro atoms. The van der Waals surface area contributed by atoms with Crippen LogP contribution >= 0.6 is 0 Å². The first-order valence-corrected chi connectivity index (χ1v) is 10.6. The van der Waals surface area contributed by atoms with Crippen molar-refractivity contribution in [1.29, 1.82) is 0 Å². The van der Waals surface area contributed by atoms with Gasteiger partial charge in [0.15, 0.2) is 0 Å². The standard InChI is InChI=1S/C21H37N5O2/c1-18-2-4-19(5-3-18)26(16-20(27)14-24-10-6-22-7-11-24)17-21(28)15-25-12-8-23-9-13-25/h2-5,20-23,27-28H,6-17H2,1H3. The van der Waals surface area contributed by atoms with E-state index >= 15 is 0 Å². The zero-order valence-corrected chi connectivity index (χ0v) is 17.2. The quantitative estimate of drug-likeness (QED) is 0.445. The highest BCUT2D eigenvalue weighted by Gasteiger charge is 2.21. The molecule has 4 N–H and O–H groups in total. The first kappa shape index (κ1) is 21.5. The van der Waals surface area contributed by atoms with Gasteiger partial charge >= 0.3 is 0 Å². The van der Waals surface area contributed by atoms with Crippen LogP contribution in [-0.2, 0) is 0 Å². The second kappa shape index (κ2) is 11.1. The van der Waals surface area contributed by atoms with Crippen LogP contribution in [0, 0.1) is 6.92 Å². The Morgan fingerprint density at radius 2 is 1.25 bits per heavy atom. The number of piperazine rings is 2. The van der Waals surface area contributed by atoms with Gasteiger partial charge in [-0.25, -0.2) is 0 Å². The summed E-state index contributed by atoms with van der Waals surface area (Å²) in [5.74, 6) is 0. The van der Waals surface area contributed by atoms with Crippen LogP contribution < -0.4 is 15.5 Å². The minimum Gasteiger partial charge on any atom is -0.390 e. The molecule has 0 bridgehead atoms. The molecule has 2 saturated heterocycles. The summed E-state index contributed by atoms with van der Waals surface area (Å²) in [5.41, 5.74) is 2.27. The normalized spacial score (nSPS) is 21.4. The highest BCUT2D eigenvalue weighted by atomic mass is 16.3. The highest BCUT2D eigenvalue weighted by Crippen LogP contribution is 2.17. The van der Waals surface area contributed by atoms with Gasteiger partial charge in [0.05, 0.1) is 12.2 Å². The fourth-order valence-electron chi connectivity index (χ4n) is 4.05. The van der Waals surface area contributed by atoms with E-state index in [-0.39, 0.29) is 0 Å². The van der Waals surface area contributed by atoms with Crippen LogP contribution in [0.5, 0.6) is 0 Å². The van der Waals surface area contributed by atoms with Crippen molar-refractivity contribution in [2.45, 2.75) is 19.1 Å². The van der Waals surface area contributed by atoms with E-state index in [0.717, 1.165) is 58.0 Å². The molecule has 0 amide bonds. The molecule has 2 atom stereocenters. The van der Waals surface area contributed by atoms with Crippen LogP contribution in [0.3, 0.4) is 0 Å². The molecule has 7 nitrogen and oxygen atoms in total. The molecule has 28 heavy (non-hydrogen) atoms. The van der Waals surface area contributed by atoms with E-state index in [1.165, 1.54) is 5.56 Å². The van der Waals surface area contributed by atoms with Gasteiger partial charge in [-0.1, -0.05) is 17.7 Å². The summed E-state index contributed by atoms with van der Waals surface area (Å²) >= 11 is 0. The van der Waals surface area contributed by atoms with Gasteiger partial charge in [-0.2, -0.15) is 0 Å². The van der Waals surface area contributed by atoms with Crippen molar-refractivity contribution in [2.24, 2.45) is 0 Å². The minimum atomic E-state index is -0.439. The maximum Gasteiger partial charge on any atom is 0.0841 e. The molecule has 2 heterocycles. The lowest BCUT2D eigenvalue weighted by Crippen LogP contribution is -2.50. The number of nitrogens with zero attached hydrogens (tertiary/aromatic N) is 3. The van der Waals surface area contributed by atoms with E-state index in [1.54, 1.807) is 0 Å². The van der Waals surface area contributed by atoms with Gasteiger partial charge in [0.1, 0.15) is 0 Å². The van der Waals surface area contributed by atoms with Crippen LogP contribution in [0.1, 0.15) is 5.56 Å². The number of anilines is 1. The molecule has 1 aromatic rings. The van der Waals surface area contributed by atoms with E-state index < -0.39 is 12.2 Å². The van der Waals surface area contributed by atoms with Gasteiger partial charge < -0.3 is 25.7 Å². The van der Waals surface area contributed by atoms with E-state index in [2.05, 4.69) is 56.5 Å². The van der Waals surface area contributed by atoms with Crippen LogP contribution in [0.2, 0.25) is 0 Å². The summed E-state index contributed by atoms with van der Waals surface area (Å²) in [6.45, 7) is 12.4. The third kappa shape index (κ3) is 6.99. The molecule has 2 aliphatic rings. The topological polar surface area (TPSA) is 74.2 Å². The van der Waals surface area contributed by atoms with Crippen molar-refractivity contribution in [3.05, 3.63) is 29.8 Å². The molecule has 0 radical (unpaired) electrons. The predicted molar refractivity (Wildman–Crippen MR) is 114 cm³/mol. The largest absolute Gasteiger partial charge is 0.390 e. The van der Waals surface area contributed by atoms with Gasteiger partial charge in [-0.05, 0) is 19.1 Å². The molecule has 2 aliphatic heterocycles. The number of hydrogen-bond donors (Lipinski definition) is 4.